The van der Waals surface area contributed by atoms with Crippen LogP contribution in [0.5, 0.6) is 5.75 Å². The molecular formula is C11H14N2O3. The van der Waals surface area contributed by atoms with Crippen molar-refractivity contribution in [3.63, 3.8) is 0 Å². The quantitative estimate of drug-likeness (QED) is 0.773. The van der Waals surface area contributed by atoms with E-state index in [-0.39, 0.29) is 12.2 Å². The predicted octanol–water partition coefficient (Wildman–Crippen LogP) is 1.30. The van der Waals surface area contributed by atoms with Crippen LogP contribution in [-0.4, -0.2) is 41.8 Å². The number of hydrogen-bond acceptors (Lipinski definition) is 4. The summed E-state index contributed by atoms with van der Waals surface area (Å²) in [6.45, 7) is 3.35. The third kappa shape index (κ3) is 2.42. The number of aromatic nitrogens is 1. The average Bonchev–Trinajstić information content (AvgIpc) is 2.24. The van der Waals surface area contributed by atoms with E-state index < -0.39 is 0 Å². The van der Waals surface area contributed by atoms with E-state index >= 15 is 0 Å². The molecule has 2 heterocycles. The molecule has 1 amide bonds. The fourth-order valence-corrected chi connectivity index (χ4v) is 1.49. The van der Waals surface area contributed by atoms with Gasteiger partial charge in [0.15, 0.2) is 0 Å². The zero-order chi connectivity index (χ0) is 11.4. The summed E-state index contributed by atoms with van der Waals surface area (Å²) in [7, 11) is 0. The standard InChI is InChI=1S/C11H14N2O3/c1-2-15-11(14)13-7-10(8-13)16-9-4-3-5-12-6-9/h3-6,10H,2,7-8H2,1H3. The van der Waals surface area contributed by atoms with Crippen LogP contribution in [0.1, 0.15) is 6.92 Å². The number of carbonyl (C=O) groups excluding carboxylic acids is 1. The van der Waals surface area contributed by atoms with Crippen molar-refractivity contribution in [3.8, 4) is 5.75 Å². The van der Waals surface area contributed by atoms with Crippen LogP contribution in [0, 0.1) is 0 Å². The number of amides is 1. The van der Waals surface area contributed by atoms with Gasteiger partial charge in [0.2, 0.25) is 0 Å². The lowest BCUT2D eigenvalue weighted by Crippen LogP contribution is -2.56. The number of pyridine rings is 1. The van der Waals surface area contributed by atoms with E-state index in [4.69, 9.17) is 9.47 Å². The number of likely N-dealkylation sites (tertiary alicyclic amines) is 1. The highest BCUT2D eigenvalue weighted by Crippen LogP contribution is 2.17. The second kappa shape index (κ2) is 4.83. The molecule has 0 atom stereocenters. The van der Waals surface area contributed by atoms with Crippen molar-refractivity contribution >= 4 is 6.09 Å². The molecule has 0 N–H and O–H groups in total. The molecule has 1 aliphatic heterocycles. The Morgan fingerprint density at radius 2 is 2.44 bits per heavy atom. The Balaban J connectivity index is 1.75. The summed E-state index contributed by atoms with van der Waals surface area (Å²) in [6.07, 6.45) is 3.13. The highest BCUT2D eigenvalue weighted by atomic mass is 16.6. The summed E-state index contributed by atoms with van der Waals surface area (Å²) in [5, 5.41) is 0. The summed E-state index contributed by atoms with van der Waals surface area (Å²) in [4.78, 5) is 16.8. The van der Waals surface area contributed by atoms with Crippen molar-refractivity contribution in [1.82, 2.24) is 9.88 Å². The van der Waals surface area contributed by atoms with Crippen LogP contribution in [0.4, 0.5) is 4.79 Å². The number of hydrogen-bond donors (Lipinski definition) is 0. The first-order valence-corrected chi connectivity index (χ1v) is 5.28. The molecule has 1 fully saturated rings. The van der Waals surface area contributed by atoms with E-state index in [1.54, 1.807) is 24.2 Å². The van der Waals surface area contributed by atoms with Gasteiger partial charge in [0.05, 0.1) is 25.9 Å². The van der Waals surface area contributed by atoms with Gasteiger partial charge in [-0.1, -0.05) is 0 Å². The van der Waals surface area contributed by atoms with Crippen molar-refractivity contribution in [2.45, 2.75) is 13.0 Å². The highest BCUT2D eigenvalue weighted by Gasteiger charge is 2.33. The zero-order valence-electron chi connectivity index (χ0n) is 9.13. The number of rotatable bonds is 3. The van der Waals surface area contributed by atoms with Crippen LogP contribution >= 0.6 is 0 Å². The van der Waals surface area contributed by atoms with Gasteiger partial charge < -0.3 is 14.4 Å². The van der Waals surface area contributed by atoms with Gasteiger partial charge in [0.25, 0.3) is 0 Å². The van der Waals surface area contributed by atoms with Crippen LogP contribution in [0.15, 0.2) is 24.5 Å². The number of nitrogens with zero attached hydrogens (tertiary/aromatic N) is 2. The predicted molar refractivity (Wildman–Crippen MR) is 57.2 cm³/mol. The third-order valence-electron chi connectivity index (χ3n) is 2.31. The second-order valence-electron chi connectivity index (χ2n) is 3.53. The summed E-state index contributed by atoms with van der Waals surface area (Å²) >= 11 is 0. The van der Waals surface area contributed by atoms with Gasteiger partial charge in [-0.25, -0.2) is 4.79 Å². The topological polar surface area (TPSA) is 51.7 Å². The Morgan fingerprint density at radius 1 is 1.62 bits per heavy atom. The van der Waals surface area contributed by atoms with E-state index in [9.17, 15) is 4.79 Å². The maximum Gasteiger partial charge on any atom is 0.410 e. The fraction of sp³-hybridized carbons (Fsp3) is 0.455. The first-order chi connectivity index (χ1) is 7.79. The SMILES string of the molecule is CCOC(=O)N1CC(Oc2cccnc2)C1. The number of ether oxygens (including phenoxy) is 2. The maximum atomic E-state index is 11.3. The molecule has 86 valence electrons. The lowest BCUT2D eigenvalue weighted by Gasteiger charge is -2.37. The normalized spacial score (nSPS) is 15.4. The molecule has 0 unspecified atom stereocenters. The number of carbonyl (C=O) groups is 1. The minimum atomic E-state index is -0.270. The van der Waals surface area contributed by atoms with Gasteiger partial charge in [-0.05, 0) is 19.1 Å². The molecule has 0 aliphatic carbocycles. The van der Waals surface area contributed by atoms with E-state index in [1.165, 1.54) is 0 Å². The summed E-state index contributed by atoms with van der Waals surface area (Å²) < 4.78 is 10.5. The van der Waals surface area contributed by atoms with Crippen LogP contribution in [-0.2, 0) is 4.74 Å². The zero-order valence-corrected chi connectivity index (χ0v) is 9.13. The van der Waals surface area contributed by atoms with Gasteiger partial charge >= 0.3 is 6.09 Å². The molecule has 0 spiro atoms. The Hall–Kier alpha value is -1.78. The Bertz CT molecular complexity index is 350. The average molecular weight is 222 g/mol. The molecule has 1 saturated heterocycles. The highest BCUT2D eigenvalue weighted by molar-refractivity contribution is 5.68. The molecule has 0 bridgehead atoms. The largest absolute Gasteiger partial charge is 0.485 e. The van der Waals surface area contributed by atoms with Crippen molar-refractivity contribution in [2.75, 3.05) is 19.7 Å². The fourth-order valence-electron chi connectivity index (χ4n) is 1.49. The van der Waals surface area contributed by atoms with E-state index in [0.717, 1.165) is 5.75 Å². The molecule has 0 saturated carbocycles. The smallest absolute Gasteiger partial charge is 0.410 e. The van der Waals surface area contributed by atoms with E-state index in [1.807, 2.05) is 12.1 Å². The van der Waals surface area contributed by atoms with E-state index in [2.05, 4.69) is 4.98 Å². The van der Waals surface area contributed by atoms with Crippen molar-refractivity contribution < 1.29 is 14.3 Å². The van der Waals surface area contributed by atoms with Crippen LogP contribution in [0.25, 0.3) is 0 Å². The van der Waals surface area contributed by atoms with Gasteiger partial charge in [0.1, 0.15) is 11.9 Å². The molecule has 5 nitrogen and oxygen atoms in total. The Kier molecular flexibility index (Phi) is 3.24. The second-order valence-corrected chi connectivity index (χ2v) is 3.53. The third-order valence-corrected chi connectivity index (χ3v) is 2.31. The van der Waals surface area contributed by atoms with Gasteiger partial charge in [-0.3, -0.25) is 4.98 Å². The minimum Gasteiger partial charge on any atom is -0.485 e. The molecule has 1 aliphatic rings. The molecular weight excluding hydrogens is 208 g/mol. The lowest BCUT2D eigenvalue weighted by atomic mass is 10.2. The lowest BCUT2D eigenvalue weighted by molar-refractivity contribution is 0.0126. The monoisotopic (exact) mass is 222 g/mol. The summed E-state index contributed by atoms with van der Waals surface area (Å²) in [6, 6.07) is 3.66. The van der Waals surface area contributed by atoms with Crippen molar-refractivity contribution in [1.29, 1.82) is 0 Å². The van der Waals surface area contributed by atoms with Gasteiger partial charge in [0, 0.05) is 6.20 Å². The molecule has 0 radical (unpaired) electrons. The maximum absolute atomic E-state index is 11.3. The summed E-state index contributed by atoms with van der Waals surface area (Å²) in [5.41, 5.74) is 0. The van der Waals surface area contributed by atoms with E-state index in [0.29, 0.717) is 19.7 Å². The minimum absolute atomic E-state index is 0.0496. The van der Waals surface area contributed by atoms with Crippen LogP contribution < -0.4 is 4.74 Å². The molecule has 2 rings (SSSR count). The van der Waals surface area contributed by atoms with Crippen LogP contribution in [0.2, 0.25) is 0 Å². The Morgan fingerprint density at radius 3 is 3.06 bits per heavy atom. The first kappa shape index (κ1) is 10.7. The molecule has 1 aromatic heterocycles. The van der Waals surface area contributed by atoms with Gasteiger partial charge in [-0.15, -0.1) is 0 Å². The van der Waals surface area contributed by atoms with Crippen molar-refractivity contribution in [3.05, 3.63) is 24.5 Å². The molecule has 0 aromatic carbocycles. The molecule has 5 heteroatoms. The first-order valence-electron chi connectivity index (χ1n) is 5.28. The Labute approximate surface area is 94.0 Å². The molecule has 16 heavy (non-hydrogen) atoms. The van der Waals surface area contributed by atoms with Gasteiger partial charge in [-0.2, -0.15) is 0 Å². The molecule has 1 aromatic rings. The van der Waals surface area contributed by atoms with Crippen molar-refractivity contribution in [2.24, 2.45) is 0 Å². The summed E-state index contributed by atoms with van der Waals surface area (Å²) in [5.74, 6) is 0.732. The van der Waals surface area contributed by atoms with Crippen LogP contribution in [0.3, 0.4) is 0 Å².